The first-order chi connectivity index (χ1) is 14.4. The normalized spacial score (nSPS) is 15.4. The van der Waals surface area contributed by atoms with Gasteiger partial charge >= 0.3 is 0 Å². The van der Waals surface area contributed by atoms with Crippen molar-refractivity contribution in [3.05, 3.63) is 53.8 Å². The van der Waals surface area contributed by atoms with Gasteiger partial charge in [0.1, 0.15) is 11.6 Å². The van der Waals surface area contributed by atoms with Crippen LogP contribution < -0.4 is 14.8 Å². The van der Waals surface area contributed by atoms with E-state index in [0.717, 1.165) is 38.5 Å². The molecule has 1 saturated carbocycles. The van der Waals surface area contributed by atoms with Crippen molar-refractivity contribution >= 4 is 21.6 Å². The van der Waals surface area contributed by atoms with Crippen molar-refractivity contribution in [3.8, 4) is 5.75 Å². The third-order valence-corrected chi connectivity index (χ3v) is 6.62. The van der Waals surface area contributed by atoms with Crippen LogP contribution in [0.4, 0.5) is 10.1 Å². The van der Waals surface area contributed by atoms with E-state index in [2.05, 4.69) is 10.0 Å². The molecule has 1 aliphatic rings. The zero-order valence-corrected chi connectivity index (χ0v) is 17.8. The van der Waals surface area contributed by atoms with Gasteiger partial charge in [-0.15, -0.1) is 0 Å². The summed E-state index contributed by atoms with van der Waals surface area (Å²) in [5.74, 6) is -1.03. The molecule has 6 nitrogen and oxygen atoms in total. The fourth-order valence-electron chi connectivity index (χ4n) is 3.57. The molecule has 1 fully saturated rings. The molecule has 0 aromatic heterocycles. The fraction of sp³-hybridized carbons (Fsp3) is 0.409. The predicted molar refractivity (Wildman–Crippen MR) is 114 cm³/mol. The van der Waals surface area contributed by atoms with E-state index < -0.39 is 21.7 Å². The number of anilines is 1. The number of carbonyl (C=O) groups excluding carboxylic acids is 1. The maximum Gasteiger partial charge on any atom is 0.258 e. The Morgan fingerprint density at radius 3 is 2.47 bits per heavy atom. The molecule has 0 radical (unpaired) electrons. The number of rotatable bonds is 7. The maximum absolute atomic E-state index is 14.0. The van der Waals surface area contributed by atoms with Crippen LogP contribution >= 0.6 is 0 Å². The van der Waals surface area contributed by atoms with Crippen molar-refractivity contribution in [3.63, 3.8) is 0 Å². The monoisotopic (exact) mass is 434 g/mol. The van der Waals surface area contributed by atoms with Crippen molar-refractivity contribution in [1.29, 1.82) is 0 Å². The second-order valence-corrected chi connectivity index (χ2v) is 9.05. The lowest BCUT2D eigenvalue weighted by Gasteiger charge is -2.18. The van der Waals surface area contributed by atoms with Gasteiger partial charge in [-0.1, -0.05) is 37.8 Å². The quantitative estimate of drug-likeness (QED) is 0.630. The number of halogens is 1. The van der Waals surface area contributed by atoms with Gasteiger partial charge in [0, 0.05) is 6.04 Å². The summed E-state index contributed by atoms with van der Waals surface area (Å²) in [5.41, 5.74) is 0.0404. The molecule has 0 unspecified atom stereocenters. The molecule has 2 aromatic carbocycles. The van der Waals surface area contributed by atoms with Crippen LogP contribution in [0.25, 0.3) is 0 Å². The molecule has 2 aromatic rings. The lowest BCUT2D eigenvalue weighted by atomic mass is 10.1. The molecule has 0 bridgehead atoms. The molecule has 2 N–H and O–H groups in total. The molecule has 0 aliphatic heterocycles. The summed E-state index contributed by atoms with van der Waals surface area (Å²) in [6.45, 7) is 2.11. The topological polar surface area (TPSA) is 84.5 Å². The van der Waals surface area contributed by atoms with E-state index in [1.54, 1.807) is 13.0 Å². The molecule has 30 heavy (non-hydrogen) atoms. The first kappa shape index (κ1) is 22.2. The largest absolute Gasteiger partial charge is 0.492 e. The first-order valence-corrected chi connectivity index (χ1v) is 11.7. The Hall–Kier alpha value is -2.45. The molecule has 162 valence electrons. The Morgan fingerprint density at radius 1 is 1.10 bits per heavy atom. The van der Waals surface area contributed by atoms with Gasteiger partial charge in [0.05, 0.1) is 22.8 Å². The highest BCUT2D eigenvalue weighted by Crippen LogP contribution is 2.29. The molecule has 1 aliphatic carbocycles. The molecule has 0 spiro atoms. The number of hydrogen-bond acceptors (Lipinski definition) is 4. The number of nitrogens with one attached hydrogen (secondary N) is 2. The van der Waals surface area contributed by atoms with E-state index in [0.29, 0.717) is 12.4 Å². The van der Waals surface area contributed by atoms with E-state index in [9.17, 15) is 17.6 Å². The summed E-state index contributed by atoms with van der Waals surface area (Å²) < 4.78 is 48.1. The molecule has 0 heterocycles. The Bertz CT molecular complexity index is 986. The number of hydrogen-bond donors (Lipinski definition) is 2. The Morgan fingerprint density at radius 2 is 1.80 bits per heavy atom. The lowest BCUT2D eigenvalue weighted by molar-refractivity contribution is 0.102. The van der Waals surface area contributed by atoms with Crippen molar-refractivity contribution in [1.82, 2.24) is 4.72 Å². The summed E-state index contributed by atoms with van der Waals surface area (Å²) in [6, 6.07) is 9.80. The highest BCUT2D eigenvalue weighted by atomic mass is 32.2. The first-order valence-electron chi connectivity index (χ1n) is 10.3. The number of carbonyl (C=O) groups is 1. The number of sulfonamides is 1. The van der Waals surface area contributed by atoms with Gasteiger partial charge < -0.3 is 10.1 Å². The summed E-state index contributed by atoms with van der Waals surface area (Å²) in [7, 11) is -3.77. The third kappa shape index (κ3) is 5.58. The van der Waals surface area contributed by atoms with Gasteiger partial charge in [0.25, 0.3) is 5.91 Å². The number of ether oxygens (including phenoxy) is 1. The van der Waals surface area contributed by atoms with Crippen molar-refractivity contribution in [2.75, 3.05) is 11.9 Å². The van der Waals surface area contributed by atoms with Gasteiger partial charge in [0.15, 0.2) is 0 Å². The van der Waals surface area contributed by atoms with Crippen molar-refractivity contribution in [2.24, 2.45) is 0 Å². The second-order valence-electron chi connectivity index (χ2n) is 7.33. The summed E-state index contributed by atoms with van der Waals surface area (Å²) in [6.07, 6.45) is 5.86. The smallest absolute Gasteiger partial charge is 0.258 e. The standard InChI is InChI=1S/C22H27FN2O4S/c1-2-29-21-14-13-17(30(27,28)25-16-9-5-3-4-6-10-16)15-20(21)24-22(26)18-11-7-8-12-19(18)23/h7-8,11-16,25H,2-6,9-10H2,1H3,(H,24,26). The van der Waals surface area contributed by atoms with Gasteiger partial charge in [-0.3, -0.25) is 4.79 Å². The summed E-state index contributed by atoms with van der Waals surface area (Å²) >= 11 is 0. The molecule has 3 rings (SSSR count). The molecule has 0 saturated heterocycles. The summed E-state index contributed by atoms with van der Waals surface area (Å²) in [4.78, 5) is 12.6. The van der Waals surface area contributed by atoms with Crippen LogP contribution in [-0.2, 0) is 10.0 Å². The third-order valence-electron chi connectivity index (χ3n) is 5.10. The van der Waals surface area contributed by atoms with Crippen molar-refractivity contribution < 1.29 is 22.3 Å². The minimum Gasteiger partial charge on any atom is -0.492 e. The Kier molecular flexibility index (Phi) is 7.44. The summed E-state index contributed by atoms with van der Waals surface area (Å²) in [5, 5.41) is 2.58. The van der Waals surface area contributed by atoms with Crippen LogP contribution in [0.5, 0.6) is 5.75 Å². The fourth-order valence-corrected chi connectivity index (χ4v) is 4.91. The molecular formula is C22H27FN2O4S. The van der Waals surface area contributed by atoms with Crippen molar-refractivity contribution in [2.45, 2.75) is 56.4 Å². The van der Waals surface area contributed by atoms with Crippen LogP contribution in [-0.4, -0.2) is 27.0 Å². The van der Waals surface area contributed by atoms with Crippen LogP contribution in [0.15, 0.2) is 47.4 Å². The minimum atomic E-state index is -3.77. The molecular weight excluding hydrogens is 407 g/mol. The lowest BCUT2D eigenvalue weighted by Crippen LogP contribution is -2.34. The highest BCUT2D eigenvalue weighted by Gasteiger charge is 2.23. The molecule has 0 atom stereocenters. The average molecular weight is 435 g/mol. The van der Waals surface area contributed by atoms with Gasteiger partial charge in [0.2, 0.25) is 10.0 Å². The van der Waals surface area contributed by atoms with Crippen LogP contribution in [0.1, 0.15) is 55.8 Å². The second kappa shape index (κ2) is 10.0. The van der Waals surface area contributed by atoms with Crippen LogP contribution in [0.2, 0.25) is 0 Å². The van der Waals surface area contributed by atoms with Gasteiger partial charge in [-0.2, -0.15) is 0 Å². The van der Waals surface area contributed by atoms with E-state index >= 15 is 0 Å². The average Bonchev–Trinajstić information content (AvgIpc) is 2.97. The van der Waals surface area contributed by atoms with E-state index in [1.165, 1.54) is 36.4 Å². The predicted octanol–water partition coefficient (Wildman–Crippen LogP) is 4.48. The molecule has 8 heteroatoms. The maximum atomic E-state index is 14.0. The number of benzene rings is 2. The SMILES string of the molecule is CCOc1ccc(S(=O)(=O)NC2CCCCCC2)cc1NC(=O)c1ccccc1F. The van der Waals surface area contributed by atoms with E-state index in [-0.39, 0.29) is 22.2 Å². The minimum absolute atomic E-state index is 0.0269. The number of amides is 1. The van der Waals surface area contributed by atoms with Crippen LogP contribution in [0, 0.1) is 5.82 Å². The Labute approximate surface area is 176 Å². The van der Waals surface area contributed by atoms with Crippen LogP contribution in [0.3, 0.4) is 0 Å². The van der Waals surface area contributed by atoms with Gasteiger partial charge in [-0.25, -0.2) is 17.5 Å². The Balaban J connectivity index is 1.86. The zero-order valence-electron chi connectivity index (χ0n) is 17.0. The van der Waals surface area contributed by atoms with E-state index in [1.807, 2.05) is 0 Å². The zero-order chi connectivity index (χ0) is 21.6. The van der Waals surface area contributed by atoms with E-state index in [4.69, 9.17) is 4.74 Å². The highest BCUT2D eigenvalue weighted by molar-refractivity contribution is 7.89. The molecule has 1 amide bonds. The van der Waals surface area contributed by atoms with Gasteiger partial charge in [-0.05, 0) is 50.1 Å².